The van der Waals surface area contributed by atoms with Crippen molar-refractivity contribution in [2.45, 2.75) is 44.4 Å². The number of ether oxygens (including phenoxy) is 1. The monoisotopic (exact) mass is 288 g/mol. The van der Waals surface area contributed by atoms with Crippen LogP contribution in [0.1, 0.15) is 26.2 Å². The lowest BCUT2D eigenvalue weighted by molar-refractivity contribution is -0.146. The maximum Gasteiger partial charge on any atom is 0.328 e. The normalized spacial score (nSPS) is 21.8. The molecular weight excluding hydrogens is 268 g/mol. The van der Waals surface area contributed by atoms with Gasteiger partial charge in [0, 0.05) is 6.54 Å². The molecule has 1 saturated heterocycles. The van der Waals surface area contributed by atoms with E-state index in [1.54, 1.807) is 0 Å². The van der Waals surface area contributed by atoms with Crippen LogP contribution in [0.2, 0.25) is 0 Å². The molecule has 8 heteroatoms. The Hall–Kier alpha value is -1.83. The number of aliphatic hydroxyl groups is 1. The predicted molar refractivity (Wildman–Crippen MR) is 68.0 cm³/mol. The zero-order valence-electron chi connectivity index (χ0n) is 11.5. The largest absolute Gasteiger partial charge is 0.480 e. The smallest absolute Gasteiger partial charge is 0.328 e. The molecule has 1 rings (SSSR count). The molecule has 0 bridgehead atoms. The van der Waals surface area contributed by atoms with Crippen LogP contribution in [0.25, 0.3) is 0 Å². The molecule has 1 heterocycles. The molecule has 0 aliphatic carbocycles. The van der Waals surface area contributed by atoms with Gasteiger partial charge in [0.1, 0.15) is 6.04 Å². The predicted octanol–water partition coefficient (Wildman–Crippen LogP) is -0.442. The molecule has 8 nitrogen and oxygen atoms in total. The first-order chi connectivity index (χ1) is 9.38. The Kier molecular flexibility index (Phi) is 5.75. The lowest BCUT2D eigenvalue weighted by Crippen LogP contribution is -2.57. The van der Waals surface area contributed by atoms with Gasteiger partial charge in [-0.05, 0) is 26.2 Å². The van der Waals surface area contributed by atoms with Crippen LogP contribution in [0, 0.1) is 0 Å². The number of hydrogen-bond donors (Lipinski definition) is 3. The number of rotatable bonds is 4. The summed E-state index contributed by atoms with van der Waals surface area (Å²) in [5, 5.41) is 20.5. The van der Waals surface area contributed by atoms with Gasteiger partial charge in [-0.1, -0.05) is 0 Å². The van der Waals surface area contributed by atoms with Gasteiger partial charge in [-0.2, -0.15) is 0 Å². The Morgan fingerprint density at radius 1 is 1.35 bits per heavy atom. The molecule has 3 atom stereocenters. The van der Waals surface area contributed by atoms with Crippen molar-refractivity contribution in [2.75, 3.05) is 13.7 Å². The number of carboxylic acids is 1. The number of aliphatic hydroxyl groups excluding tert-OH is 1. The highest BCUT2D eigenvalue weighted by atomic mass is 16.5. The van der Waals surface area contributed by atoms with E-state index in [2.05, 4.69) is 10.1 Å². The molecule has 0 aromatic heterocycles. The van der Waals surface area contributed by atoms with Crippen molar-refractivity contribution in [3.8, 4) is 0 Å². The van der Waals surface area contributed by atoms with Crippen LogP contribution < -0.4 is 5.32 Å². The summed E-state index contributed by atoms with van der Waals surface area (Å²) >= 11 is 0. The van der Waals surface area contributed by atoms with E-state index in [1.165, 1.54) is 18.9 Å². The van der Waals surface area contributed by atoms with Crippen molar-refractivity contribution in [2.24, 2.45) is 0 Å². The van der Waals surface area contributed by atoms with E-state index in [0.29, 0.717) is 13.0 Å². The first-order valence-corrected chi connectivity index (χ1v) is 6.44. The summed E-state index contributed by atoms with van der Waals surface area (Å²) < 4.78 is 4.64. The Morgan fingerprint density at radius 2 is 2.00 bits per heavy atom. The summed E-state index contributed by atoms with van der Waals surface area (Å²) in [5.74, 6) is -1.86. The van der Waals surface area contributed by atoms with E-state index >= 15 is 0 Å². The summed E-state index contributed by atoms with van der Waals surface area (Å²) in [6.07, 6.45) is 0.764. The Bertz CT molecular complexity index is 384. The summed E-state index contributed by atoms with van der Waals surface area (Å²) in [5.41, 5.74) is 0. The van der Waals surface area contributed by atoms with Crippen molar-refractivity contribution in [1.82, 2.24) is 10.2 Å². The van der Waals surface area contributed by atoms with E-state index in [0.717, 1.165) is 12.8 Å². The van der Waals surface area contributed by atoms with E-state index in [4.69, 9.17) is 5.11 Å². The highest BCUT2D eigenvalue weighted by molar-refractivity contribution is 5.87. The van der Waals surface area contributed by atoms with Crippen molar-refractivity contribution in [3.05, 3.63) is 0 Å². The van der Waals surface area contributed by atoms with Crippen LogP contribution in [0.15, 0.2) is 0 Å². The second kappa shape index (κ2) is 7.09. The number of hydrogen-bond acceptors (Lipinski definition) is 5. The topological polar surface area (TPSA) is 116 Å². The number of likely N-dealkylation sites (tertiary alicyclic amines) is 1. The lowest BCUT2D eigenvalue weighted by atomic mass is 10.0. The van der Waals surface area contributed by atoms with Gasteiger partial charge in [0.05, 0.1) is 13.2 Å². The maximum atomic E-state index is 12.1. The van der Waals surface area contributed by atoms with Crippen molar-refractivity contribution in [3.63, 3.8) is 0 Å². The third-order valence-corrected chi connectivity index (χ3v) is 3.26. The Morgan fingerprint density at radius 3 is 2.50 bits per heavy atom. The molecule has 3 N–H and O–H groups in total. The number of aliphatic carboxylic acids is 1. The third kappa shape index (κ3) is 3.83. The van der Waals surface area contributed by atoms with Crippen molar-refractivity contribution in [1.29, 1.82) is 0 Å². The van der Waals surface area contributed by atoms with E-state index < -0.39 is 36.2 Å². The maximum absolute atomic E-state index is 12.1. The molecule has 1 unspecified atom stereocenters. The number of piperidine rings is 1. The van der Waals surface area contributed by atoms with Gasteiger partial charge in [-0.25, -0.2) is 14.4 Å². The molecule has 2 amide bonds. The highest BCUT2D eigenvalue weighted by Crippen LogP contribution is 2.18. The standard InChI is InChI=1S/C12H20N2O6/c1-7(15)9(10(16)17)13-12(19)14-6-4-3-5-8(14)11(18)20-2/h7-9,15H,3-6H2,1-2H3,(H,13,19)(H,16,17)/t7-,8?,9+/m1/s1. The van der Waals surface area contributed by atoms with Crippen LogP contribution in [0.3, 0.4) is 0 Å². The van der Waals surface area contributed by atoms with E-state index in [-0.39, 0.29) is 0 Å². The Balaban J connectivity index is 2.77. The number of amides is 2. The number of carbonyl (C=O) groups is 3. The molecule has 20 heavy (non-hydrogen) atoms. The molecule has 1 aliphatic rings. The minimum absolute atomic E-state index is 0.345. The van der Waals surface area contributed by atoms with Crippen LogP contribution >= 0.6 is 0 Å². The first kappa shape index (κ1) is 16.2. The van der Waals surface area contributed by atoms with Crippen LogP contribution in [-0.4, -0.2) is 64.9 Å². The van der Waals surface area contributed by atoms with Crippen LogP contribution in [0.4, 0.5) is 4.79 Å². The summed E-state index contributed by atoms with van der Waals surface area (Å²) in [7, 11) is 1.24. The summed E-state index contributed by atoms with van der Waals surface area (Å²) in [6, 6.07) is -2.81. The molecular formula is C12H20N2O6. The van der Waals surface area contributed by atoms with Crippen molar-refractivity contribution < 1.29 is 29.3 Å². The average molecular weight is 288 g/mol. The molecule has 0 spiro atoms. The fraction of sp³-hybridized carbons (Fsp3) is 0.750. The zero-order chi connectivity index (χ0) is 15.3. The minimum Gasteiger partial charge on any atom is -0.480 e. The second-order valence-electron chi connectivity index (χ2n) is 4.73. The number of methoxy groups -OCH3 is 1. The molecule has 1 aliphatic heterocycles. The number of carbonyl (C=O) groups excluding carboxylic acids is 2. The summed E-state index contributed by atoms with van der Waals surface area (Å²) in [6.45, 7) is 1.62. The number of urea groups is 1. The average Bonchev–Trinajstić information content (AvgIpc) is 2.42. The molecule has 0 radical (unpaired) electrons. The highest BCUT2D eigenvalue weighted by Gasteiger charge is 2.35. The number of carboxylic acid groups (broad SMARTS) is 1. The Labute approximate surface area is 116 Å². The van der Waals surface area contributed by atoms with E-state index in [9.17, 15) is 19.5 Å². The number of nitrogens with one attached hydrogen (secondary N) is 1. The summed E-state index contributed by atoms with van der Waals surface area (Å²) in [4.78, 5) is 35.9. The SMILES string of the molecule is COC(=O)C1CCCCN1C(=O)N[C@H](C(=O)O)[C@@H](C)O. The van der Waals surface area contributed by atoms with Crippen LogP contribution in [0.5, 0.6) is 0 Å². The fourth-order valence-corrected chi connectivity index (χ4v) is 2.16. The van der Waals surface area contributed by atoms with Gasteiger partial charge < -0.3 is 25.2 Å². The van der Waals surface area contributed by atoms with Gasteiger partial charge in [-0.15, -0.1) is 0 Å². The van der Waals surface area contributed by atoms with Crippen LogP contribution in [-0.2, 0) is 14.3 Å². The van der Waals surface area contributed by atoms with Gasteiger partial charge >= 0.3 is 18.0 Å². The molecule has 0 aromatic rings. The zero-order valence-corrected chi connectivity index (χ0v) is 11.5. The van der Waals surface area contributed by atoms with Gasteiger partial charge in [0.15, 0.2) is 6.04 Å². The van der Waals surface area contributed by atoms with E-state index in [1.807, 2.05) is 0 Å². The molecule has 1 fully saturated rings. The quantitative estimate of drug-likeness (QED) is 0.604. The molecule has 0 saturated carbocycles. The van der Waals surface area contributed by atoms with Crippen molar-refractivity contribution >= 4 is 18.0 Å². The molecule has 0 aromatic carbocycles. The first-order valence-electron chi connectivity index (χ1n) is 6.44. The number of nitrogens with zero attached hydrogens (tertiary/aromatic N) is 1. The van der Waals surface area contributed by atoms with Gasteiger partial charge in [0.25, 0.3) is 0 Å². The second-order valence-corrected chi connectivity index (χ2v) is 4.73. The fourth-order valence-electron chi connectivity index (χ4n) is 2.16. The molecule has 114 valence electrons. The minimum atomic E-state index is -1.41. The lowest BCUT2D eigenvalue weighted by Gasteiger charge is -2.34. The van der Waals surface area contributed by atoms with Gasteiger partial charge in [-0.3, -0.25) is 0 Å². The number of esters is 1. The van der Waals surface area contributed by atoms with Gasteiger partial charge in [0.2, 0.25) is 0 Å². The third-order valence-electron chi connectivity index (χ3n) is 3.26.